The van der Waals surface area contributed by atoms with Crippen LogP contribution in [-0.2, 0) is 19.5 Å². The normalized spacial score (nSPS) is 19.8. The van der Waals surface area contributed by atoms with E-state index in [-0.39, 0.29) is 35.7 Å². The van der Waals surface area contributed by atoms with Crippen LogP contribution in [0.2, 0.25) is 0 Å². The number of nitrogens with zero attached hydrogens (tertiary/aromatic N) is 6. The Labute approximate surface area is 335 Å². The summed E-state index contributed by atoms with van der Waals surface area (Å²) in [4.78, 5) is 26.0. The van der Waals surface area contributed by atoms with E-state index >= 15 is 0 Å². The molecule has 3 aromatic heterocycles. The number of pyridine rings is 3. The van der Waals surface area contributed by atoms with Crippen molar-refractivity contribution in [1.82, 2.24) is 15.0 Å². The third-order valence-electron chi connectivity index (χ3n) is 7.02. The maximum absolute atomic E-state index is 10.7. The zero-order valence-corrected chi connectivity index (χ0v) is 35.0. The van der Waals surface area contributed by atoms with Crippen molar-refractivity contribution in [3.63, 3.8) is 0 Å². The van der Waals surface area contributed by atoms with Gasteiger partial charge < -0.3 is 0 Å². The van der Waals surface area contributed by atoms with E-state index in [1.165, 1.54) is 0 Å². The van der Waals surface area contributed by atoms with Crippen LogP contribution in [0.4, 0.5) is 50.4 Å². The number of hydrogen-bond acceptors (Lipinski definition) is 6. The summed E-state index contributed by atoms with van der Waals surface area (Å²) in [5.74, 6) is 0. The van der Waals surface area contributed by atoms with E-state index in [0.29, 0.717) is 0 Å². The molecule has 6 rings (SSSR count). The van der Waals surface area contributed by atoms with Gasteiger partial charge in [-0.3, -0.25) is 29.9 Å². The van der Waals surface area contributed by atoms with Gasteiger partial charge in [0.2, 0.25) is 0 Å². The number of rotatable bonds is 3. The fraction of sp³-hybridized carbons (Fsp3) is 0.333. The summed E-state index contributed by atoms with van der Waals surface area (Å²) in [5.41, 5.74) is 6.83. The minimum atomic E-state index is -10.7. The second-order valence-electron chi connectivity index (χ2n) is 14.7. The molecule has 0 N–H and O–H groups in total. The fourth-order valence-corrected chi connectivity index (χ4v) is 4.67. The SMILES string of the molecule is CC1(C)C=CN=C(c2ccccn2)C1.CC1(C)C=CN=C(c2ccccn2)C1.CC1(C)C=CN=C(c2ccccn2)C1.F[P-](F)(F)(F)(F)F.F[P-](F)(F)(F)(F)F.[Ru+2]. The molecule has 0 amide bonds. The van der Waals surface area contributed by atoms with Crippen molar-refractivity contribution in [1.29, 1.82) is 0 Å². The van der Waals surface area contributed by atoms with Gasteiger partial charge in [-0.2, -0.15) is 0 Å². The van der Waals surface area contributed by atoms with E-state index < -0.39 is 15.6 Å². The quantitative estimate of drug-likeness (QED) is 0.149. The van der Waals surface area contributed by atoms with Crippen molar-refractivity contribution in [2.45, 2.75) is 60.8 Å². The topological polar surface area (TPSA) is 75.8 Å². The summed E-state index contributed by atoms with van der Waals surface area (Å²) >= 11 is 0. The minimum Gasteiger partial charge on any atom is 2.00 e. The Hall–Kier alpha value is -3.68. The van der Waals surface area contributed by atoms with E-state index in [9.17, 15) is 50.4 Å². The molecule has 21 heteroatoms. The molecule has 0 unspecified atom stereocenters. The fourth-order valence-electron chi connectivity index (χ4n) is 4.67. The molecule has 3 aliphatic heterocycles. The van der Waals surface area contributed by atoms with Crippen LogP contribution in [0.1, 0.15) is 77.9 Å². The Bertz CT molecular complexity index is 1730. The van der Waals surface area contributed by atoms with Crippen molar-refractivity contribution >= 4 is 32.8 Å². The first-order valence-electron chi connectivity index (χ1n) is 16.5. The second-order valence-corrected chi connectivity index (χ2v) is 18.6. The van der Waals surface area contributed by atoms with Crippen LogP contribution in [0, 0.1) is 16.2 Å². The van der Waals surface area contributed by atoms with Gasteiger partial charge in [0.25, 0.3) is 0 Å². The zero-order valence-electron chi connectivity index (χ0n) is 31.5. The Morgan fingerprint density at radius 1 is 0.404 bits per heavy atom. The zero-order chi connectivity index (χ0) is 42.9. The van der Waals surface area contributed by atoms with Crippen molar-refractivity contribution in [2.24, 2.45) is 31.2 Å². The summed E-state index contributed by atoms with van der Waals surface area (Å²) in [6.07, 6.45) is 20.4. The third kappa shape index (κ3) is 28.4. The third-order valence-corrected chi connectivity index (χ3v) is 7.02. The van der Waals surface area contributed by atoms with Gasteiger partial charge in [-0.05, 0) is 52.6 Å². The largest absolute Gasteiger partial charge is 2.00 e. The van der Waals surface area contributed by atoms with Crippen LogP contribution in [0.15, 0.2) is 125 Å². The van der Waals surface area contributed by atoms with E-state index in [4.69, 9.17) is 0 Å². The minimum absolute atomic E-state index is 0. The summed E-state index contributed by atoms with van der Waals surface area (Å²) < 4.78 is 118. The Morgan fingerprint density at radius 3 is 0.772 bits per heavy atom. The molecule has 0 fully saturated rings. The molecule has 3 aromatic rings. The number of aromatic nitrogens is 3. The van der Waals surface area contributed by atoms with Crippen LogP contribution in [0.3, 0.4) is 0 Å². The van der Waals surface area contributed by atoms with Crippen molar-refractivity contribution in [2.75, 3.05) is 0 Å². The van der Waals surface area contributed by atoms with Gasteiger partial charge in [0, 0.05) is 56.5 Å². The molecule has 318 valence electrons. The average Bonchev–Trinajstić information content (AvgIpc) is 3.02. The molecular weight excluding hydrogens is 907 g/mol. The van der Waals surface area contributed by atoms with Gasteiger partial charge in [0.1, 0.15) is 0 Å². The molecule has 6 nitrogen and oxygen atoms in total. The van der Waals surface area contributed by atoms with E-state index in [0.717, 1.165) is 53.5 Å². The molecule has 57 heavy (non-hydrogen) atoms. The molecule has 0 aromatic carbocycles. The van der Waals surface area contributed by atoms with Gasteiger partial charge in [-0.15, -0.1) is 0 Å². The van der Waals surface area contributed by atoms with Crippen LogP contribution in [-0.4, -0.2) is 32.1 Å². The summed E-state index contributed by atoms with van der Waals surface area (Å²) in [5, 5.41) is 0. The van der Waals surface area contributed by atoms with Crippen LogP contribution in [0.25, 0.3) is 0 Å². The Morgan fingerprint density at radius 2 is 0.614 bits per heavy atom. The molecule has 0 spiro atoms. The van der Waals surface area contributed by atoms with Crippen molar-refractivity contribution in [3.8, 4) is 0 Å². The van der Waals surface area contributed by atoms with Gasteiger partial charge >= 0.3 is 85.5 Å². The van der Waals surface area contributed by atoms with E-state index in [1.807, 2.05) is 91.8 Å². The molecule has 0 atom stereocenters. The van der Waals surface area contributed by atoms with Gasteiger partial charge in [-0.25, -0.2) is 0 Å². The van der Waals surface area contributed by atoms with Crippen LogP contribution < -0.4 is 0 Å². The summed E-state index contributed by atoms with van der Waals surface area (Å²) in [7, 11) is -21.3. The maximum atomic E-state index is 9.87. The van der Waals surface area contributed by atoms with Crippen LogP contribution >= 0.6 is 15.6 Å². The first-order chi connectivity index (χ1) is 24.9. The van der Waals surface area contributed by atoms with Gasteiger partial charge in [-0.1, -0.05) is 78.0 Å². The molecule has 0 saturated carbocycles. The maximum Gasteiger partial charge on any atom is 2.00 e. The summed E-state index contributed by atoms with van der Waals surface area (Å²) in [6, 6.07) is 17.8. The first kappa shape index (κ1) is 51.3. The molecule has 6 heterocycles. The monoisotopic (exact) mass is 950 g/mol. The second kappa shape index (κ2) is 17.3. The standard InChI is InChI=1S/3C12H14N2.2F6P.Ru/c3*1-12(2)6-8-14-11(9-12)10-5-3-4-7-13-10;2*1-7(2,3,4,5)6;/h3*3-8H,9H2,1-2H3;;;/q;;;2*-1;+2. The number of halogens is 12. The first-order valence-corrected chi connectivity index (χ1v) is 20.6. The number of allylic oxidation sites excluding steroid dienone is 3. The predicted octanol–water partition coefficient (Wildman–Crippen LogP) is 15.2. The average molecular weight is 950 g/mol. The molecule has 0 aliphatic carbocycles. The van der Waals surface area contributed by atoms with Crippen molar-refractivity contribution in [3.05, 3.63) is 127 Å². The molecule has 0 bridgehead atoms. The molecule has 0 radical (unpaired) electrons. The number of hydrogen-bond donors (Lipinski definition) is 0. The van der Waals surface area contributed by atoms with E-state index in [1.54, 1.807) is 0 Å². The smallest absolute Gasteiger partial charge is 2.00 e. The molecule has 3 aliphatic rings. The van der Waals surface area contributed by atoms with Gasteiger partial charge in [0.05, 0.1) is 34.2 Å². The molecule has 0 saturated heterocycles. The Kier molecular flexibility index (Phi) is 15.6. The van der Waals surface area contributed by atoms with Crippen molar-refractivity contribution < 1.29 is 69.8 Å². The predicted molar refractivity (Wildman–Crippen MR) is 202 cm³/mol. The number of aliphatic imine (C=N–C) groups is 3. The van der Waals surface area contributed by atoms with Gasteiger partial charge in [0.15, 0.2) is 0 Å². The van der Waals surface area contributed by atoms with Crippen LogP contribution in [0.5, 0.6) is 0 Å². The summed E-state index contributed by atoms with van der Waals surface area (Å²) in [6.45, 7) is 13.3. The molecular formula is C36H42F12N6P2Ru. The van der Waals surface area contributed by atoms with E-state index in [2.05, 4.69) is 89.7 Å². The Balaban J connectivity index is 0.000000367.